The Hall–Kier alpha value is -2.37. The monoisotopic (exact) mass is 465 g/mol. The average molecular weight is 466 g/mol. The molecule has 174 valence electrons. The lowest BCUT2D eigenvalue weighted by atomic mass is 9.93. The number of carbonyl (C=O) groups excluding carboxylic acids is 2. The van der Waals surface area contributed by atoms with Crippen LogP contribution in [0.15, 0.2) is 42.5 Å². The lowest BCUT2D eigenvalue weighted by Crippen LogP contribution is -2.52. The van der Waals surface area contributed by atoms with Gasteiger partial charge in [0.2, 0.25) is 0 Å². The average Bonchev–Trinajstić information content (AvgIpc) is 2.88. The second kappa shape index (κ2) is 9.86. The summed E-state index contributed by atoms with van der Waals surface area (Å²) in [5.41, 5.74) is 3.69. The lowest BCUT2D eigenvalue weighted by Gasteiger charge is -2.40. The van der Waals surface area contributed by atoms with Crippen LogP contribution in [-0.4, -0.2) is 65.3 Å². The highest BCUT2D eigenvalue weighted by Crippen LogP contribution is 2.26. The van der Waals surface area contributed by atoms with Crippen molar-refractivity contribution in [1.82, 2.24) is 14.7 Å². The normalized spacial score (nSPS) is 19.9. The molecular formula is C27H32ClN3O2. The Labute approximate surface area is 201 Å². The van der Waals surface area contributed by atoms with Gasteiger partial charge in [-0.15, -0.1) is 0 Å². The van der Waals surface area contributed by atoms with Crippen molar-refractivity contribution >= 4 is 23.4 Å². The third kappa shape index (κ3) is 4.95. The van der Waals surface area contributed by atoms with Gasteiger partial charge in [0.1, 0.15) is 0 Å². The molecule has 33 heavy (non-hydrogen) atoms. The molecule has 2 fully saturated rings. The number of piperazine rings is 1. The number of halogens is 1. The predicted octanol–water partition coefficient (Wildman–Crippen LogP) is 4.63. The summed E-state index contributed by atoms with van der Waals surface area (Å²) in [6.45, 7) is 4.82. The van der Waals surface area contributed by atoms with E-state index in [1.807, 2.05) is 28.0 Å². The molecule has 0 radical (unpaired) electrons. The summed E-state index contributed by atoms with van der Waals surface area (Å²) in [5.74, 6) is 0.137. The van der Waals surface area contributed by atoms with E-state index in [4.69, 9.17) is 11.6 Å². The first-order chi connectivity index (χ1) is 16.1. The highest BCUT2D eigenvalue weighted by Gasteiger charge is 2.28. The van der Waals surface area contributed by atoms with Crippen LogP contribution in [0, 0.1) is 0 Å². The fourth-order valence-electron chi connectivity index (χ4n) is 5.58. The third-order valence-electron chi connectivity index (χ3n) is 7.52. The Bertz CT molecular complexity index is 1030. The zero-order valence-corrected chi connectivity index (χ0v) is 19.9. The molecule has 2 amide bonds. The molecule has 1 saturated heterocycles. The maximum Gasteiger partial charge on any atom is 0.254 e. The Kier molecular flexibility index (Phi) is 6.70. The molecule has 0 N–H and O–H groups in total. The Morgan fingerprint density at radius 3 is 2.24 bits per heavy atom. The van der Waals surface area contributed by atoms with Gasteiger partial charge in [-0.05, 0) is 60.7 Å². The van der Waals surface area contributed by atoms with Gasteiger partial charge in [0.05, 0.1) is 0 Å². The number of hydrogen-bond donors (Lipinski definition) is 0. The van der Waals surface area contributed by atoms with Crippen LogP contribution in [0.1, 0.15) is 63.9 Å². The van der Waals surface area contributed by atoms with Gasteiger partial charge in [0, 0.05) is 61.5 Å². The Morgan fingerprint density at radius 2 is 1.48 bits per heavy atom. The van der Waals surface area contributed by atoms with Crippen molar-refractivity contribution < 1.29 is 9.59 Å². The molecule has 0 atom stereocenters. The number of carbonyl (C=O) groups is 2. The standard InChI is InChI=1S/C27H32ClN3O2/c28-24-6-4-5-21(18-24)27(33)31-12-11-20-17-22(9-10-23(20)19-31)26(32)30-15-13-29(14-16-30)25-7-2-1-3-8-25/h4-6,9-10,17-18,25H,1-3,7-8,11-16,19H2. The number of benzene rings is 2. The fourth-order valence-corrected chi connectivity index (χ4v) is 5.77. The van der Waals surface area contributed by atoms with E-state index in [1.54, 1.807) is 24.3 Å². The van der Waals surface area contributed by atoms with Crippen molar-refractivity contribution in [2.24, 2.45) is 0 Å². The summed E-state index contributed by atoms with van der Waals surface area (Å²) in [5, 5.41) is 0.570. The number of rotatable bonds is 3. The second-order valence-electron chi connectivity index (χ2n) is 9.59. The maximum absolute atomic E-state index is 13.2. The number of nitrogens with zero attached hydrogens (tertiary/aromatic N) is 3. The molecule has 0 aromatic heterocycles. The summed E-state index contributed by atoms with van der Waals surface area (Å²) in [4.78, 5) is 32.5. The predicted molar refractivity (Wildman–Crippen MR) is 131 cm³/mol. The van der Waals surface area contributed by atoms with Crippen LogP contribution < -0.4 is 0 Å². The zero-order chi connectivity index (χ0) is 22.8. The minimum Gasteiger partial charge on any atom is -0.336 e. The molecule has 6 heteroatoms. The molecule has 3 aliphatic rings. The largest absolute Gasteiger partial charge is 0.336 e. The number of amides is 2. The van der Waals surface area contributed by atoms with E-state index in [-0.39, 0.29) is 11.8 Å². The lowest BCUT2D eigenvalue weighted by molar-refractivity contribution is 0.0522. The summed E-state index contributed by atoms with van der Waals surface area (Å²) in [6.07, 6.45) is 7.46. The van der Waals surface area contributed by atoms with Crippen molar-refractivity contribution in [2.75, 3.05) is 32.7 Å². The molecule has 2 aromatic rings. The third-order valence-corrected chi connectivity index (χ3v) is 7.75. The summed E-state index contributed by atoms with van der Waals surface area (Å²) in [7, 11) is 0. The van der Waals surface area contributed by atoms with Crippen LogP contribution in [-0.2, 0) is 13.0 Å². The van der Waals surface area contributed by atoms with Crippen LogP contribution in [0.5, 0.6) is 0 Å². The first kappa shape index (κ1) is 22.4. The van der Waals surface area contributed by atoms with Gasteiger partial charge < -0.3 is 9.80 Å². The number of fused-ring (bicyclic) bond motifs is 1. The van der Waals surface area contributed by atoms with Gasteiger partial charge in [-0.1, -0.05) is 43.0 Å². The van der Waals surface area contributed by atoms with Crippen LogP contribution >= 0.6 is 11.6 Å². The molecule has 2 aliphatic heterocycles. The van der Waals surface area contributed by atoms with Crippen molar-refractivity contribution in [1.29, 1.82) is 0 Å². The molecule has 2 aromatic carbocycles. The van der Waals surface area contributed by atoms with Crippen LogP contribution in [0.4, 0.5) is 0 Å². The van der Waals surface area contributed by atoms with Gasteiger partial charge >= 0.3 is 0 Å². The van der Waals surface area contributed by atoms with Crippen LogP contribution in [0.2, 0.25) is 5.02 Å². The molecule has 1 saturated carbocycles. The molecule has 0 unspecified atom stereocenters. The van der Waals surface area contributed by atoms with Crippen molar-refractivity contribution in [3.8, 4) is 0 Å². The van der Waals surface area contributed by atoms with Gasteiger partial charge in [0.25, 0.3) is 11.8 Å². The molecule has 0 bridgehead atoms. The van der Waals surface area contributed by atoms with Crippen molar-refractivity contribution in [3.63, 3.8) is 0 Å². The van der Waals surface area contributed by atoms with E-state index in [1.165, 1.54) is 37.7 Å². The molecule has 0 spiro atoms. The molecule has 2 heterocycles. The topological polar surface area (TPSA) is 43.9 Å². The highest BCUT2D eigenvalue weighted by molar-refractivity contribution is 6.30. The van der Waals surface area contributed by atoms with Crippen LogP contribution in [0.3, 0.4) is 0 Å². The zero-order valence-electron chi connectivity index (χ0n) is 19.1. The quantitative estimate of drug-likeness (QED) is 0.663. The summed E-state index contributed by atoms with van der Waals surface area (Å²) >= 11 is 6.06. The Balaban J connectivity index is 1.21. The fraction of sp³-hybridized carbons (Fsp3) is 0.481. The Morgan fingerprint density at radius 1 is 0.758 bits per heavy atom. The van der Waals surface area contributed by atoms with Gasteiger partial charge in [-0.2, -0.15) is 0 Å². The van der Waals surface area contributed by atoms with Crippen molar-refractivity contribution in [3.05, 3.63) is 69.7 Å². The SMILES string of the molecule is O=C(c1ccc2c(c1)CCN(C(=O)c1cccc(Cl)c1)C2)N1CCN(C2CCCCC2)CC1. The van der Waals surface area contributed by atoms with E-state index in [9.17, 15) is 9.59 Å². The smallest absolute Gasteiger partial charge is 0.254 e. The minimum absolute atomic E-state index is 0.000797. The van der Waals surface area contributed by atoms with Crippen molar-refractivity contribution in [2.45, 2.75) is 51.1 Å². The van der Waals surface area contributed by atoms with Gasteiger partial charge in [0.15, 0.2) is 0 Å². The van der Waals surface area contributed by atoms with Gasteiger partial charge in [-0.3, -0.25) is 14.5 Å². The highest BCUT2D eigenvalue weighted by atomic mass is 35.5. The maximum atomic E-state index is 13.2. The molecular weight excluding hydrogens is 434 g/mol. The molecule has 5 nitrogen and oxygen atoms in total. The summed E-state index contributed by atoms with van der Waals surface area (Å²) < 4.78 is 0. The summed E-state index contributed by atoms with van der Waals surface area (Å²) in [6, 6.07) is 13.8. The minimum atomic E-state index is -0.000797. The van der Waals surface area contributed by atoms with Crippen LogP contribution in [0.25, 0.3) is 0 Å². The molecule has 1 aliphatic carbocycles. The van der Waals surface area contributed by atoms with E-state index in [0.717, 1.165) is 49.8 Å². The first-order valence-corrected chi connectivity index (χ1v) is 12.7. The first-order valence-electron chi connectivity index (χ1n) is 12.3. The van der Waals surface area contributed by atoms with E-state index < -0.39 is 0 Å². The van der Waals surface area contributed by atoms with Gasteiger partial charge in [-0.25, -0.2) is 0 Å². The van der Waals surface area contributed by atoms with E-state index in [2.05, 4.69) is 4.90 Å². The van der Waals surface area contributed by atoms with E-state index >= 15 is 0 Å². The number of hydrogen-bond acceptors (Lipinski definition) is 3. The van der Waals surface area contributed by atoms with E-state index in [0.29, 0.717) is 23.7 Å². The molecule has 5 rings (SSSR count). The second-order valence-corrected chi connectivity index (χ2v) is 10.0.